The Labute approximate surface area is 83.5 Å². The van der Waals surface area contributed by atoms with Gasteiger partial charge in [-0.2, -0.15) is 0 Å². The van der Waals surface area contributed by atoms with Crippen molar-refractivity contribution >= 4 is 17.3 Å². The molecule has 0 aliphatic carbocycles. The highest BCUT2D eigenvalue weighted by Crippen LogP contribution is 2.21. The van der Waals surface area contributed by atoms with Gasteiger partial charge in [0.2, 0.25) is 0 Å². The molecule has 0 aromatic heterocycles. The molecule has 0 aliphatic rings. The first-order valence-electron chi connectivity index (χ1n) is 4.43. The van der Waals surface area contributed by atoms with Crippen molar-refractivity contribution in [2.45, 2.75) is 26.0 Å². The van der Waals surface area contributed by atoms with Crippen molar-refractivity contribution in [3.05, 3.63) is 29.3 Å². The van der Waals surface area contributed by atoms with Crippen molar-refractivity contribution in [2.75, 3.05) is 5.32 Å². The van der Waals surface area contributed by atoms with Crippen LogP contribution in [0, 0.1) is 0 Å². The zero-order chi connectivity index (χ0) is 9.68. The highest BCUT2D eigenvalue weighted by molar-refractivity contribution is 6.33. The molecule has 0 amide bonds. The summed E-state index contributed by atoms with van der Waals surface area (Å²) in [5.41, 5.74) is 0.783. The number of aliphatic hydroxyl groups excluding tert-OH is 1. The predicted molar refractivity (Wildman–Crippen MR) is 56.0 cm³/mol. The summed E-state index contributed by atoms with van der Waals surface area (Å²) >= 11 is 5.89. The van der Waals surface area contributed by atoms with E-state index in [1.54, 1.807) is 6.07 Å². The standard InChI is InChI=1S/C10H14ClNO/c1-2-5-10(13)12-9-7-4-3-6-8(9)11/h3-4,6-7,10,12-13H,2,5H2,1H3. The zero-order valence-electron chi connectivity index (χ0n) is 7.63. The smallest absolute Gasteiger partial charge is 0.124 e. The summed E-state index contributed by atoms with van der Waals surface area (Å²) in [5, 5.41) is 13.0. The van der Waals surface area contributed by atoms with Crippen LogP contribution in [0.25, 0.3) is 0 Å². The van der Waals surface area contributed by atoms with Crippen LogP contribution >= 0.6 is 11.6 Å². The van der Waals surface area contributed by atoms with E-state index in [4.69, 9.17) is 11.6 Å². The molecule has 0 bridgehead atoms. The predicted octanol–water partition coefficient (Wildman–Crippen LogP) is 2.87. The number of anilines is 1. The van der Waals surface area contributed by atoms with Crippen molar-refractivity contribution in [3.63, 3.8) is 0 Å². The Bertz CT molecular complexity index is 265. The van der Waals surface area contributed by atoms with Crippen LogP contribution in [-0.4, -0.2) is 11.3 Å². The van der Waals surface area contributed by atoms with Gasteiger partial charge in [0.25, 0.3) is 0 Å². The molecule has 0 spiro atoms. The number of hydrogen-bond acceptors (Lipinski definition) is 2. The van der Waals surface area contributed by atoms with Gasteiger partial charge in [-0.3, -0.25) is 0 Å². The Morgan fingerprint density at radius 3 is 2.77 bits per heavy atom. The van der Waals surface area contributed by atoms with Crippen LogP contribution in [0.5, 0.6) is 0 Å². The van der Waals surface area contributed by atoms with E-state index < -0.39 is 6.23 Å². The van der Waals surface area contributed by atoms with Crippen LogP contribution in [-0.2, 0) is 0 Å². The highest BCUT2D eigenvalue weighted by Gasteiger charge is 2.03. The van der Waals surface area contributed by atoms with Gasteiger partial charge >= 0.3 is 0 Å². The second-order valence-corrected chi connectivity index (χ2v) is 3.34. The molecule has 1 atom stereocenters. The van der Waals surface area contributed by atoms with Crippen molar-refractivity contribution < 1.29 is 5.11 Å². The maximum Gasteiger partial charge on any atom is 0.124 e. The molecule has 3 heteroatoms. The van der Waals surface area contributed by atoms with Gasteiger partial charge in [-0.25, -0.2) is 0 Å². The van der Waals surface area contributed by atoms with Gasteiger partial charge in [0.1, 0.15) is 6.23 Å². The third-order valence-electron chi connectivity index (χ3n) is 1.76. The molecule has 72 valence electrons. The van der Waals surface area contributed by atoms with Gasteiger partial charge in [0.15, 0.2) is 0 Å². The van der Waals surface area contributed by atoms with Gasteiger partial charge in [-0.15, -0.1) is 0 Å². The maximum absolute atomic E-state index is 9.46. The number of halogens is 1. The lowest BCUT2D eigenvalue weighted by atomic mass is 10.2. The third kappa shape index (κ3) is 3.25. The molecule has 13 heavy (non-hydrogen) atoms. The first-order valence-corrected chi connectivity index (χ1v) is 4.81. The monoisotopic (exact) mass is 199 g/mol. The number of aliphatic hydroxyl groups is 1. The maximum atomic E-state index is 9.46. The molecule has 1 rings (SSSR count). The molecule has 0 saturated carbocycles. The van der Waals surface area contributed by atoms with Crippen LogP contribution in [0.3, 0.4) is 0 Å². The summed E-state index contributed by atoms with van der Waals surface area (Å²) in [6.45, 7) is 2.03. The Morgan fingerprint density at radius 2 is 2.15 bits per heavy atom. The summed E-state index contributed by atoms with van der Waals surface area (Å²) < 4.78 is 0. The van der Waals surface area contributed by atoms with Gasteiger partial charge in [0, 0.05) is 0 Å². The Balaban J connectivity index is 2.58. The summed E-state index contributed by atoms with van der Waals surface area (Å²) in [7, 11) is 0. The fourth-order valence-electron chi connectivity index (χ4n) is 1.10. The van der Waals surface area contributed by atoms with E-state index in [0.29, 0.717) is 5.02 Å². The molecule has 1 aromatic carbocycles. The SMILES string of the molecule is CCCC(O)Nc1ccccc1Cl. The second-order valence-electron chi connectivity index (χ2n) is 2.93. The molecular formula is C10H14ClNO. The normalized spacial score (nSPS) is 12.5. The fourth-order valence-corrected chi connectivity index (χ4v) is 1.29. The first kappa shape index (κ1) is 10.4. The van der Waals surface area contributed by atoms with Crippen LogP contribution < -0.4 is 5.32 Å². The van der Waals surface area contributed by atoms with Crippen molar-refractivity contribution in [3.8, 4) is 0 Å². The summed E-state index contributed by atoms with van der Waals surface area (Å²) in [6.07, 6.45) is 1.16. The van der Waals surface area contributed by atoms with Gasteiger partial charge in [0.05, 0.1) is 10.7 Å². The molecule has 1 unspecified atom stereocenters. The van der Waals surface area contributed by atoms with E-state index in [1.165, 1.54) is 0 Å². The van der Waals surface area contributed by atoms with Crippen molar-refractivity contribution in [2.24, 2.45) is 0 Å². The van der Waals surface area contributed by atoms with E-state index >= 15 is 0 Å². The molecule has 0 aliphatic heterocycles. The molecule has 2 N–H and O–H groups in total. The molecule has 0 saturated heterocycles. The van der Waals surface area contributed by atoms with E-state index in [0.717, 1.165) is 18.5 Å². The Morgan fingerprint density at radius 1 is 1.46 bits per heavy atom. The molecule has 0 fully saturated rings. The number of para-hydroxylation sites is 1. The lowest BCUT2D eigenvalue weighted by Crippen LogP contribution is -2.18. The lowest BCUT2D eigenvalue weighted by Gasteiger charge is -2.13. The summed E-state index contributed by atoms with van der Waals surface area (Å²) in [5.74, 6) is 0. The minimum atomic E-state index is -0.509. The van der Waals surface area contributed by atoms with Crippen LogP contribution in [0.4, 0.5) is 5.69 Å². The van der Waals surface area contributed by atoms with Crippen LogP contribution in [0.2, 0.25) is 5.02 Å². The molecular weight excluding hydrogens is 186 g/mol. The molecule has 0 heterocycles. The number of hydrogen-bond donors (Lipinski definition) is 2. The fraction of sp³-hybridized carbons (Fsp3) is 0.400. The zero-order valence-corrected chi connectivity index (χ0v) is 8.38. The third-order valence-corrected chi connectivity index (χ3v) is 2.09. The lowest BCUT2D eigenvalue weighted by molar-refractivity contribution is 0.192. The van der Waals surface area contributed by atoms with E-state index in [-0.39, 0.29) is 0 Å². The van der Waals surface area contributed by atoms with Crippen LogP contribution in [0.15, 0.2) is 24.3 Å². The van der Waals surface area contributed by atoms with Crippen molar-refractivity contribution in [1.82, 2.24) is 0 Å². The quantitative estimate of drug-likeness (QED) is 0.731. The topological polar surface area (TPSA) is 32.3 Å². The highest BCUT2D eigenvalue weighted by atomic mass is 35.5. The molecule has 2 nitrogen and oxygen atoms in total. The van der Waals surface area contributed by atoms with Crippen LogP contribution in [0.1, 0.15) is 19.8 Å². The largest absolute Gasteiger partial charge is 0.374 e. The van der Waals surface area contributed by atoms with E-state index in [1.807, 2.05) is 25.1 Å². The second kappa shape index (κ2) is 5.10. The number of nitrogens with one attached hydrogen (secondary N) is 1. The van der Waals surface area contributed by atoms with E-state index in [2.05, 4.69) is 5.32 Å². The first-order chi connectivity index (χ1) is 6.24. The van der Waals surface area contributed by atoms with Gasteiger partial charge in [-0.1, -0.05) is 37.1 Å². The Hall–Kier alpha value is -0.730. The number of benzene rings is 1. The summed E-state index contributed by atoms with van der Waals surface area (Å²) in [4.78, 5) is 0. The summed E-state index contributed by atoms with van der Waals surface area (Å²) in [6, 6.07) is 7.39. The average molecular weight is 200 g/mol. The van der Waals surface area contributed by atoms with E-state index in [9.17, 15) is 5.11 Å². The molecule has 1 aromatic rings. The van der Waals surface area contributed by atoms with Gasteiger partial charge in [-0.05, 0) is 18.6 Å². The minimum Gasteiger partial charge on any atom is -0.374 e. The van der Waals surface area contributed by atoms with Gasteiger partial charge < -0.3 is 10.4 Å². The Kier molecular flexibility index (Phi) is 4.06. The average Bonchev–Trinajstić information content (AvgIpc) is 2.09. The molecule has 0 radical (unpaired) electrons. The number of rotatable bonds is 4. The van der Waals surface area contributed by atoms with Crippen molar-refractivity contribution in [1.29, 1.82) is 0 Å². The minimum absolute atomic E-state index is 0.509.